The lowest BCUT2D eigenvalue weighted by atomic mass is 10.2. The van der Waals surface area contributed by atoms with Gasteiger partial charge in [-0.3, -0.25) is 9.59 Å². The first-order chi connectivity index (χ1) is 12.6. The Morgan fingerprint density at radius 2 is 1.88 bits per heavy atom. The highest BCUT2D eigenvalue weighted by Crippen LogP contribution is 2.19. The fourth-order valence-electron chi connectivity index (χ4n) is 3.02. The zero-order chi connectivity index (χ0) is 18.5. The van der Waals surface area contributed by atoms with Gasteiger partial charge in [0.25, 0.3) is 5.91 Å². The van der Waals surface area contributed by atoms with Crippen molar-refractivity contribution in [2.75, 3.05) is 42.5 Å². The minimum absolute atomic E-state index is 0.115. The summed E-state index contributed by atoms with van der Waals surface area (Å²) in [5.41, 5.74) is 2.44. The maximum Gasteiger partial charge on any atom is 0.261 e. The molecule has 0 aliphatic carbocycles. The van der Waals surface area contributed by atoms with Crippen molar-refractivity contribution in [3.8, 4) is 0 Å². The summed E-state index contributed by atoms with van der Waals surface area (Å²) in [6, 6.07) is 7.86. The van der Waals surface area contributed by atoms with Crippen molar-refractivity contribution < 1.29 is 9.59 Å². The summed E-state index contributed by atoms with van der Waals surface area (Å²) in [5.74, 6) is 0.473. The molecule has 136 valence electrons. The monoisotopic (exact) mass is 353 g/mol. The van der Waals surface area contributed by atoms with E-state index in [9.17, 15) is 9.59 Å². The quantitative estimate of drug-likeness (QED) is 0.766. The molecule has 7 nitrogen and oxygen atoms in total. The number of nitrogens with zero attached hydrogens (tertiary/aromatic N) is 5. The highest BCUT2D eigenvalue weighted by atomic mass is 16.2. The van der Waals surface area contributed by atoms with Gasteiger partial charge < -0.3 is 14.7 Å². The summed E-state index contributed by atoms with van der Waals surface area (Å²) >= 11 is 0. The molecule has 7 heteroatoms. The van der Waals surface area contributed by atoms with Crippen LogP contribution in [0.25, 0.3) is 0 Å². The van der Waals surface area contributed by atoms with Crippen LogP contribution in [0.3, 0.4) is 0 Å². The SMILES string of the molecule is CCN(C(=O)c1cnc(N2CCN(C=O)CC2)nc1)c1cccc(C)c1. The molecule has 0 saturated carbocycles. The zero-order valence-electron chi connectivity index (χ0n) is 15.1. The molecule has 2 amide bonds. The van der Waals surface area contributed by atoms with Gasteiger partial charge in [-0.15, -0.1) is 0 Å². The first kappa shape index (κ1) is 17.8. The summed E-state index contributed by atoms with van der Waals surface area (Å²) in [6.45, 7) is 7.21. The summed E-state index contributed by atoms with van der Waals surface area (Å²) in [6.07, 6.45) is 4.02. The second-order valence-corrected chi connectivity index (χ2v) is 6.29. The van der Waals surface area contributed by atoms with Crippen molar-refractivity contribution in [1.29, 1.82) is 0 Å². The molecule has 1 fully saturated rings. The number of aryl methyl sites for hydroxylation is 1. The van der Waals surface area contributed by atoms with E-state index in [1.165, 1.54) is 0 Å². The van der Waals surface area contributed by atoms with Crippen LogP contribution >= 0.6 is 0 Å². The molecule has 2 aromatic rings. The van der Waals surface area contributed by atoms with Gasteiger partial charge in [0.05, 0.1) is 5.56 Å². The summed E-state index contributed by atoms with van der Waals surface area (Å²) in [7, 11) is 0. The number of hydrogen-bond acceptors (Lipinski definition) is 5. The number of hydrogen-bond donors (Lipinski definition) is 0. The molecule has 0 spiro atoms. The predicted octanol–water partition coefficient (Wildman–Crippen LogP) is 1.73. The van der Waals surface area contributed by atoms with Gasteiger partial charge in [0, 0.05) is 50.8 Å². The van der Waals surface area contributed by atoms with Crippen LogP contribution in [0.4, 0.5) is 11.6 Å². The van der Waals surface area contributed by atoms with Gasteiger partial charge in [0.1, 0.15) is 0 Å². The van der Waals surface area contributed by atoms with Gasteiger partial charge in [-0.05, 0) is 31.5 Å². The third kappa shape index (κ3) is 3.82. The van der Waals surface area contributed by atoms with Crippen LogP contribution in [-0.2, 0) is 4.79 Å². The molecule has 1 aromatic heterocycles. The minimum Gasteiger partial charge on any atom is -0.342 e. The average Bonchev–Trinajstić information content (AvgIpc) is 2.69. The van der Waals surface area contributed by atoms with Crippen molar-refractivity contribution in [2.45, 2.75) is 13.8 Å². The van der Waals surface area contributed by atoms with E-state index in [0.29, 0.717) is 44.2 Å². The van der Waals surface area contributed by atoms with Gasteiger partial charge in [0.2, 0.25) is 12.4 Å². The van der Waals surface area contributed by atoms with Crippen LogP contribution in [-0.4, -0.2) is 59.9 Å². The van der Waals surface area contributed by atoms with Crippen LogP contribution in [0.5, 0.6) is 0 Å². The number of amides is 2. The Labute approximate surface area is 153 Å². The van der Waals surface area contributed by atoms with Gasteiger partial charge in [-0.25, -0.2) is 9.97 Å². The third-order valence-corrected chi connectivity index (χ3v) is 4.51. The molecule has 1 aliphatic rings. The standard InChI is InChI=1S/C19H23N5O2/c1-3-24(17-6-4-5-15(2)11-17)18(26)16-12-20-19(21-13-16)23-9-7-22(14-25)8-10-23/h4-6,11-14H,3,7-10H2,1-2H3. The van der Waals surface area contributed by atoms with Crippen LogP contribution < -0.4 is 9.80 Å². The van der Waals surface area contributed by atoms with Crippen molar-refractivity contribution in [3.05, 3.63) is 47.8 Å². The topological polar surface area (TPSA) is 69.6 Å². The lowest BCUT2D eigenvalue weighted by molar-refractivity contribution is -0.118. The Bertz CT molecular complexity index is 770. The largest absolute Gasteiger partial charge is 0.342 e. The lowest BCUT2D eigenvalue weighted by Crippen LogP contribution is -2.46. The van der Waals surface area contributed by atoms with Gasteiger partial charge >= 0.3 is 0 Å². The van der Waals surface area contributed by atoms with E-state index in [1.807, 2.05) is 43.0 Å². The third-order valence-electron chi connectivity index (χ3n) is 4.51. The Morgan fingerprint density at radius 1 is 1.19 bits per heavy atom. The Kier molecular flexibility index (Phi) is 5.46. The van der Waals surface area contributed by atoms with Crippen LogP contribution in [0.2, 0.25) is 0 Å². The van der Waals surface area contributed by atoms with E-state index in [-0.39, 0.29) is 5.91 Å². The second kappa shape index (κ2) is 7.95. The number of carbonyl (C=O) groups is 2. The molecule has 1 saturated heterocycles. The van der Waals surface area contributed by atoms with E-state index in [2.05, 4.69) is 9.97 Å². The molecule has 26 heavy (non-hydrogen) atoms. The molecule has 2 heterocycles. The lowest BCUT2D eigenvalue weighted by Gasteiger charge is -2.32. The smallest absolute Gasteiger partial charge is 0.261 e. The van der Waals surface area contributed by atoms with E-state index < -0.39 is 0 Å². The Morgan fingerprint density at radius 3 is 2.46 bits per heavy atom. The van der Waals surface area contributed by atoms with E-state index in [1.54, 1.807) is 22.2 Å². The summed E-state index contributed by atoms with van der Waals surface area (Å²) in [5, 5.41) is 0. The molecular formula is C19H23N5O2. The highest BCUT2D eigenvalue weighted by molar-refractivity contribution is 6.05. The van der Waals surface area contributed by atoms with Crippen LogP contribution in [0.1, 0.15) is 22.8 Å². The fraction of sp³-hybridized carbons (Fsp3) is 0.368. The molecule has 1 aliphatic heterocycles. The number of aromatic nitrogens is 2. The molecule has 0 atom stereocenters. The first-order valence-corrected chi connectivity index (χ1v) is 8.77. The number of benzene rings is 1. The number of rotatable bonds is 5. The van der Waals surface area contributed by atoms with E-state index in [0.717, 1.165) is 17.7 Å². The van der Waals surface area contributed by atoms with E-state index >= 15 is 0 Å². The Balaban J connectivity index is 1.73. The summed E-state index contributed by atoms with van der Waals surface area (Å²) < 4.78 is 0. The average molecular weight is 353 g/mol. The predicted molar refractivity (Wildman–Crippen MR) is 100 cm³/mol. The van der Waals surface area contributed by atoms with Crippen LogP contribution in [0, 0.1) is 6.92 Å². The number of piperazine rings is 1. The zero-order valence-corrected chi connectivity index (χ0v) is 15.1. The summed E-state index contributed by atoms with van der Waals surface area (Å²) in [4.78, 5) is 37.8. The van der Waals surface area contributed by atoms with Gasteiger partial charge in [-0.2, -0.15) is 0 Å². The molecule has 3 rings (SSSR count). The molecule has 1 aromatic carbocycles. The molecular weight excluding hydrogens is 330 g/mol. The second-order valence-electron chi connectivity index (χ2n) is 6.29. The van der Waals surface area contributed by atoms with Gasteiger partial charge in [-0.1, -0.05) is 12.1 Å². The Hall–Kier alpha value is -2.96. The highest BCUT2D eigenvalue weighted by Gasteiger charge is 2.20. The maximum atomic E-state index is 12.8. The molecule has 0 N–H and O–H groups in total. The minimum atomic E-state index is -0.115. The molecule has 0 bridgehead atoms. The number of anilines is 2. The van der Waals surface area contributed by atoms with Crippen molar-refractivity contribution in [2.24, 2.45) is 0 Å². The van der Waals surface area contributed by atoms with Crippen molar-refractivity contribution in [1.82, 2.24) is 14.9 Å². The molecule has 0 unspecified atom stereocenters. The fourth-order valence-corrected chi connectivity index (χ4v) is 3.02. The van der Waals surface area contributed by atoms with Crippen LogP contribution in [0.15, 0.2) is 36.7 Å². The van der Waals surface area contributed by atoms with Gasteiger partial charge in [0.15, 0.2) is 0 Å². The van der Waals surface area contributed by atoms with E-state index in [4.69, 9.17) is 0 Å². The first-order valence-electron chi connectivity index (χ1n) is 8.77. The van der Waals surface area contributed by atoms with Crippen molar-refractivity contribution in [3.63, 3.8) is 0 Å². The normalized spacial score (nSPS) is 14.2. The van der Waals surface area contributed by atoms with Crippen molar-refractivity contribution >= 4 is 24.0 Å². The molecule has 0 radical (unpaired) electrons. The number of carbonyl (C=O) groups excluding carboxylic acids is 2. The maximum absolute atomic E-state index is 12.8.